The lowest BCUT2D eigenvalue weighted by atomic mass is 9.97. The molecule has 2 N–H and O–H groups in total. The second kappa shape index (κ2) is 9.43. The topological polar surface area (TPSA) is 114 Å². The van der Waals surface area contributed by atoms with Crippen molar-refractivity contribution in [1.82, 2.24) is 19.0 Å². The van der Waals surface area contributed by atoms with Gasteiger partial charge in [-0.25, -0.2) is 18.9 Å². The number of H-pyrrole nitrogens is 1. The van der Waals surface area contributed by atoms with E-state index >= 15 is 0 Å². The van der Waals surface area contributed by atoms with E-state index in [-0.39, 0.29) is 25.5 Å². The van der Waals surface area contributed by atoms with Crippen LogP contribution >= 0.6 is 0 Å². The Bertz CT molecular complexity index is 1380. The van der Waals surface area contributed by atoms with E-state index in [1.165, 1.54) is 23.5 Å². The zero-order valence-corrected chi connectivity index (χ0v) is 19.8. The van der Waals surface area contributed by atoms with Crippen molar-refractivity contribution in [2.45, 2.75) is 20.3 Å². The van der Waals surface area contributed by atoms with Crippen LogP contribution in [0.3, 0.4) is 0 Å². The van der Waals surface area contributed by atoms with Gasteiger partial charge < -0.3 is 14.5 Å². The lowest BCUT2D eigenvalue weighted by molar-refractivity contribution is 0.158. The van der Waals surface area contributed by atoms with Gasteiger partial charge in [0.2, 0.25) is 0 Å². The van der Waals surface area contributed by atoms with Crippen LogP contribution in [0.1, 0.15) is 24.6 Å². The molecule has 34 heavy (non-hydrogen) atoms. The number of carbonyl (C=O) groups excluding carboxylic acids is 1. The number of ether oxygens (including phenoxy) is 2. The van der Waals surface area contributed by atoms with E-state index in [1.807, 2.05) is 17.7 Å². The Kier molecular flexibility index (Phi) is 6.58. The number of nitrogens with zero attached hydrogens (tertiary/aromatic N) is 2. The summed E-state index contributed by atoms with van der Waals surface area (Å²) in [5.41, 5.74) is 4.70. The van der Waals surface area contributed by atoms with Gasteiger partial charge in [0, 0.05) is 35.9 Å². The van der Waals surface area contributed by atoms with E-state index in [0.29, 0.717) is 23.4 Å². The molecule has 1 aliphatic rings. The number of aromatic amines is 1. The van der Waals surface area contributed by atoms with Crippen molar-refractivity contribution in [2.24, 2.45) is 0 Å². The first-order chi connectivity index (χ1) is 16.2. The molecule has 0 saturated carbocycles. The van der Waals surface area contributed by atoms with Gasteiger partial charge in [-0.3, -0.25) is 0 Å². The van der Waals surface area contributed by atoms with Gasteiger partial charge in [-0.2, -0.15) is 12.7 Å². The standard InChI is InChI=1S/C23H25FN4O5S/c1-4-33-23(29)27-34(30,31)28-11-8-15(9-12-28)21-14(2)20-17(7-10-25-22(20)26-21)18-13-16(24)5-6-19(18)32-3/h5-8,10,13H,4,9,11-12H2,1-3H3,(H,25,26)(H,27,29). The molecule has 9 nitrogen and oxygen atoms in total. The van der Waals surface area contributed by atoms with Crippen molar-refractivity contribution in [3.63, 3.8) is 0 Å². The highest BCUT2D eigenvalue weighted by atomic mass is 32.2. The number of carbonyl (C=O) groups is 1. The number of aromatic nitrogens is 2. The third-order valence-electron chi connectivity index (χ3n) is 5.72. The molecule has 2 aromatic heterocycles. The number of benzene rings is 1. The quantitative estimate of drug-likeness (QED) is 0.546. The molecular formula is C23H25FN4O5S. The summed E-state index contributed by atoms with van der Waals surface area (Å²) in [7, 11) is -2.47. The number of nitrogens with one attached hydrogen (secondary N) is 2. The highest BCUT2D eigenvalue weighted by molar-refractivity contribution is 7.87. The Labute approximate surface area is 196 Å². The first-order valence-electron chi connectivity index (χ1n) is 10.7. The highest BCUT2D eigenvalue weighted by Crippen LogP contribution is 2.39. The number of hydrogen-bond donors (Lipinski definition) is 2. The Morgan fingerprint density at radius 1 is 1.29 bits per heavy atom. The van der Waals surface area contributed by atoms with Crippen LogP contribution in [0.4, 0.5) is 9.18 Å². The summed E-state index contributed by atoms with van der Waals surface area (Å²) in [5, 5.41) is 0.835. The van der Waals surface area contributed by atoms with Gasteiger partial charge in [0.25, 0.3) is 0 Å². The molecule has 0 bridgehead atoms. The molecule has 11 heteroatoms. The summed E-state index contributed by atoms with van der Waals surface area (Å²) < 4.78 is 52.1. The summed E-state index contributed by atoms with van der Waals surface area (Å²) in [6.07, 6.45) is 2.87. The Morgan fingerprint density at radius 3 is 2.76 bits per heavy atom. The maximum atomic E-state index is 14.0. The van der Waals surface area contributed by atoms with Crippen LogP contribution in [0, 0.1) is 12.7 Å². The van der Waals surface area contributed by atoms with Crippen molar-refractivity contribution < 1.29 is 27.1 Å². The van der Waals surface area contributed by atoms with Crippen LogP contribution < -0.4 is 9.46 Å². The number of hydrogen-bond acceptors (Lipinski definition) is 6. The Morgan fingerprint density at radius 2 is 2.09 bits per heavy atom. The fourth-order valence-corrected chi connectivity index (χ4v) is 5.14. The minimum absolute atomic E-state index is 0.0720. The summed E-state index contributed by atoms with van der Waals surface area (Å²) in [4.78, 5) is 19.3. The Hall–Kier alpha value is -3.44. The number of pyridine rings is 1. The fraction of sp³-hybridized carbons (Fsp3) is 0.304. The Balaban J connectivity index is 1.67. The lowest BCUT2D eigenvalue weighted by Gasteiger charge is -2.25. The maximum absolute atomic E-state index is 14.0. The first kappa shape index (κ1) is 23.7. The molecule has 0 fully saturated rings. The molecular weight excluding hydrogens is 463 g/mol. The summed E-state index contributed by atoms with van der Waals surface area (Å²) >= 11 is 0. The predicted molar refractivity (Wildman–Crippen MR) is 126 cm³/mol. The molecule has 4 rings (SSSR count). The number of fused-ring (bicyclic) bond motifs is 1. The normalized spacial score (nSPS) is 14.6. The van der Waals surface area contributed by atoms with Gasteiger partial charge in [0.1, 0.15) is 17.2 Å². The largest absolute Gasteiger partial charge is 0.496 e. The van der Waals surface area contributed by atoms with E-state index in [9.17, 15) is 17.6 Å². The monoisotopic (exact) mass is 488 g/mol. The molecule has 0 radical (unpaired) electrons. The summed E-state index contributed by atoms with van der Waals surface area (Å²) in [6.45, 7) is 3.89. The molecule has 3 aromatic rings. The molecule has 3 heterocycles. The molecule has 0 unspecified atom stereocenters. The molecule has 0 aliphatic carbocycles. The van der Waals surface area contributed by atoms with Gasteiger partial charge in [0.05, 0.1) is 13.7 Å². The van der Waals surface area contributed by atoms with Gasteiger partial charge in [-0.1, -0.05) is 6.08 Å². The zero-order chi connectivity index (χ0) is 24.5. The van der Waals surface area contributed by atoms with E-state index < -0.39 is 16.3 Å². The molecule has 1 aromatic carbocycles. The second-order valence-electron chi connectivity index (χ2n) is 7.72. The fourth-order valence-electron chi connectivity index (χ4n) is 4.14. The number of halogens is 1. The van der Waals surface area contributed by atoms with Crippen molar-refractivity contribution >= 4 is 32.9 Å². The molecule has 0 saturated heterocycles. The summed E-state index contributed by atoms with van der Waals surface area (Å²) in [6, 6.07) is 6.18. The maximum Gasteiger partial charge on any atom is 0.421 e. The summed E-state index contributed by atoms with van der Waals surface area (Å²) in [5.74, 6) is 0.171. The molecule has 0 spiro atoms. The minimum Gasteiger partial charge on any atom is -0.496 e. The van der Waals surface area contributed by atoms with E-state index in [4.69, 9.17) is 4.74 Å². The predicted octanol–water partition coefficient (Wildman–Crippen LogP) is 3.77. The molecule has 1 aliphatic heterocycles. The first-order valence-corrected chi connectivity index (χ1v) is 12.1. The number of rotatable bonds is 6. The third kappa shape index (κ3) is 4.48. The van der Waals surface area contributed by atoms with Crippen LogP contribution in [-0.2, 0) is 14.9 Å². The van der Waals surface area contributed by atoms with E-state index in [0.717, 1.165) is 27.8 Å². The van der Waals surface area contributed by atoms with E-state index in [1.54, 1.807) is 25.3 Å². The van der Waals surface area contributed by atoms with Gasteiger partial charge in [-0.05, 0) is 61.2 Å². The van der Waals surface area contributed by atoms with Crippen LogP contribution in [0.15, 0.2) is 36.5 Å². The molecule has 1 amide bonds. The van der Waals surface area contributed by atoms with Gasteiger partial charge >= 0.3 is 16.3 Å². The van der Waals surface area contributed by atoms with Crippen molar-refractivity contribution in [3.05, 3.63) is 53.6 Å². The molecule has 180 valence electrons. The average Bonchev–Trinajstić information content (AvgIpc) is 3.15. The lowest BCUT2D eigenvalue weighted by Crippen LogP contribution is -2.45. The van der Waals surface area contributed by atoms with Crippen molar-refractivity contribution in [1.29, 1.82) is 0 Å². The zero-order valence-electron chi connectivity index (χ0n) is 19.0. The SMILES string of the molecule is CCOC(=O)NS(=O)(=O)N1CC=C(c2[nH]c3nccc(-c4cc(F)ccc4OC)c3c2C)CC1. The van der Waals surface area contributed by atoms with Gasteiger partial charge in [0.15, 0.2) is 0 Å². The minimum atomic E-state index is -4.01. The highest BCUT2D eigenvalue weighted by Gasteiger charge is 2.28. The van der Waals surface area contributed by atoms with Crippen molar-refractivity contribution in [2.75, 3.05) is 26.8 Å². The van der Waals surface area contributed by atoms with Crippen LogP contribution in [-0.4, -0.2) is 55.6 Å². The van der Waals surface area contributed by atoms with Crippen LogP contribution in [0.5, 0.6) is 5.75 Å². The van der Waals surface area contributed by atoms with E-state index in [2.05, 4.69) is 14.7 Å². The van der Waals surface area contributed by atoms with Crippen LogP contribution in [0.2, 0.25) is 0 Å². The van der Waals surface area contributed by atoms with Crippen molar-refractivity contribution in [3.8, 4) is 16.9 Å². The van der Waals surface area contributed by atoms with Gasteiger partial charge in [-0.15, -0.1) is 0 Å². The third-order valence-corrected chi connectivity index (χ3v) is 7.15. The van der Waals surface area contributed by atoms with Crippen LogP contribution in [0.25, 0.3) is 27.7 Å². The molecule has 0 atom stereocenters. The number of amides is 1. The number of methoxy groups -OCH3 is 1. The average molecular weight is 489 g/mol. The number of aryl methyl sites for hydroxylation is 1. The smallest absolute Gasteiger partial charge is 0.421 e. The second-order valence-corrected chi connectivity index (χ2v) is 9.39.